The number of benzene rings is 6. The summed E-state index contributed by atoms with van der Waals surface area (Å²) < 4.78 is 8.72. The number of para-hydroxylation sites is 3. The van der Waals surface area contributed by atoms with Crippen molar-refractivity contribution in [3.05, 3.63) is 151 Å². The van der Waals surface area contributed by atoms with Crippen LogP contribution in [0.5, 0.6) is 0 Å². The second-order valence-electron chi connectivity index (χ2n) is 10.7. The monoisotopic (exact) mass is 553 g/mol. The zero-order valence-corrected chi connectivity index (χ0v) is 23.4. The van der Waals surface area contributed by atoms with Crippen molar-refractivity contribution in [3.8, 4) is 16.8 Å². The summed E-state index contributed by atoms with van der Waals surface area (Å²) in [6.07, 6.45) is 0. The molecule has 0 aliphatic rings. The molecule has 4 heteroatoms. The van der Waals surface area contributed by atoms with Gasteiger partial charge in [-0.3, -0.25) is 4.99 Å². The summed E-state index contributed by atoms with van der Waals surface area (Å²) in [6, 6.07) is 48.5. The molecule has 4 nitrogen and oxygen atoms in total. The van der Waals surface area contributed by atoms with Gasteiger partial charge in [0.05, 0.1) is 17.6 Å². The minimum atomic E-state index is 0.547. The summed E-state index contributed by atoms with van der Waals surface area (Å²) in [7, 11) is 0. The van der Waals surface area contributed by atoms with E-state index in [4.69, 9.17) is 9.41 Å². The van der Waals surface area contributed by atoms with E-state index >= 15 is 0 Å². The van der Waals surface area contributed by atoms with Crippen LogP contribution in [0.1, 0.15) is 11.1 Å². The fraction of sp³-hybridized carbons (Fsp3) is 0.0256. The van der Waals surface area contributed by atoms with Crippen molar-refractivity contribution in [1.82, 2.24) is 4.57 Å². The number of rotatable bonds is 5. The minimum absolute atomic E-state index is 0.547. The molecule has 0 aliphatic heterocycles. The molecule has 43 heavy (non-hydrogen) atoms. The molecule has 0 saturated heterocycles. The molecular formula is C39H27N3O. The number of aromatic nitrogens is 1. The molecule has 0 fully saturated rings. The van der Waals surface area contributed by atoms with Gasteiger partial charge >= 0.3 is 0 Å². The molecule has 8 aromatic rings. The minimum Gasteiger partial charge on any atom is -0.455 e. The molecule has 0 aliphatic carbocycles. The van der Waals surface area contributed by atoms with E-state index in [1.54, 1.807) is 0 Å². The van der Waals surface area contributed by atoms with Gasteiger partial charge < -0.3 is 8.98 Å². The van der Waals surface area contributed by atoms with E-state index in [1.807, 2.05) is 36.4 Å². The lowest BCUT2D eigenvalue weighted by Crippen LogP contribution is -2.01. The Morgan fingerprint density at radius 3 is 2.26 bits per heavy atom. The average molecular weight is 554 g/mol. The zero-order valence-electron chi connectivity index (χ0n) is 23.4. The van der Waals surface area contributed by atoms with Gasteiger partial charge in [-0.2, -0.15) is 0 Å². The van der Waals surface area contributed by atoms with Crippen LogP contribution in [0.2, 0.25) is 0 Å². The zero-order chi connectivity index (χ0) is 28.8. The van der Waals surface area contributed by atoms with Gasteiger partial charge in [0.2, 0.25) is 0 Å². The number of furan rings is 1. The summed E-state index contributed by atoms with van der Waals surface area (Å²) in [5.41, 5.74) is 9.36. The van der Waals surface area contributed by atoms with E-state index in [-0.39, 0.29) is 0 Å². The van der Waals surface area contributed by atoms with Gasteiger partial charge in [-0.15, -0.1) is 0 Å². The van der Waals surface area contributed by atoms with Crippen molar-refractivity contribution in [1.29, 1.82) is 0 Å². The summed E-state index contributed by atoms with van der Waals surface area (Å²) in [4.78, 5) is 9.10. The summed E-state index contributed by atoms with van der Waals surface area (Å²) in [5, 5.41) is 4.66. The molecular weight excluding hydrogens is 526 g/mol. The maximum atomic E-state index is 6.40. The molecule has 8 rings (SSSR count). The maximum absolute atomic E-state index is 6.40. The summed E-state index contributed by atoms with van der Waals surface area (Å²) in [5.74, 6) is 0.628. The van der Waals surface area contributed by atoms with Crippen LogP contribution in [-0.4, -0.2) is 17.1 Å². The number of amidine groups is 1. The van der Waals surface area contributed by atoms with Gasteiger partial charge in [0.25, 0.3) is 0 Å². The van der Waals surface area contributed by atoms with Gasteiger partial charge in [-0.1, -0.05) is 109 Å². The Hall–Kier alpha value is -5.74. The molecule has 2 aromatic heterocycles. The van der Waals surface area contributed by atoms with Gasteiger partial charge in [0, 0.05) is 38.4 Å². The summed E-state index contributed by atoms with van der Waals surface area (Å²) >= 11 is 0. The number of aliphatic imine (C=N–C) groups is 2. The predicted molar refractivity (Wildman–Crippen MR) is 180 cm³/mol. The molecule has 0 N–H and O–H groups in total. The van der Waals surface area contributed by atoms with Crippen LogP contribution < -0.4 is 0 Å². The highest BCUT2D eigenvalue weighted by molar-refractivity contribution is 6.13. The van der Waals surface area contributed by atoms with Gasteiger partial charge in [-0.25, -0.2) is 4.99 Å². The van der Waals surface area contributed by atoms with Gasteiger partial charge in [0.1, 0.15) is 11.2 Å². The van der Waals surface area contributed by atoms with E-state index in [9.17, 15) is 0 Å². The molecule has 0 unspecified atom stereocenters. The highest BCUT2D eigenvalue weighted by Crippen LogP contribution is 2.39. The molecule has 204 valence electrons. The average Bonchev–Trinajstić information content (AvgIpc) is 3.61. The Balaban J connectivity index is 1.30. The van der Waals surface area contributed by atoms with E-state index in [0.29, 0.717) is 12.4 Å². The van der Waals surface area contributed by atoms with E-state index in [2.05, 4.69) is 119 Å². The van der Waals surface area contributed by atoms with Crippen LogP contribution in [-0.2, 0) is 6.54 Å². The van der Waals surface area contributed by atoms with Crippen molar-refractivity contribution >= 4 is 56.3 Å². The lowest BCUT2D eigenvalue weighted by molar-refractivity contribution is 0.670. The lowest BCUT2D eigenvalue weighted by atomic mass is 10.0. The van der Waals surface area contributed by atoms with Gasteiger partial charge in [0.15, 0.2) is 5.84 Å². The first-order valence-corrected chi connectivity index (χ1v) is 14.4. The molecule has 0 atom stereocenters. The molecule has 0 bridgehead atoms. The fourth-order valence-electron chi connectivity index (χ4n) is 6.16. The van der Waals surface area contributed by atoms with E-state index in [0.717, 1.165) is 60.9 Å². The number of fused-ring (bicyclic) bond motifs is 6. The van der Waals surface area contributed by atoms with Crippen molar-refractivity contribution in [3.63, 3.8) is 0 Å². The Labute approximate surface area is 248 Å². The van der Waals surface area contributed by atoms with Crippen molar-refractivity contribution in [2.24, 2.45) is 9.98 Å². The van der Waals surface area contributed by atoms with E-state index in [1.165, 1.54) is 10.8 Å². The number of hydrogen-bond acceptors (Lipinski definition) is 2. The SMILES string of the molecule is C=NC(=NCc1ccccc1)c1cccc(-n2c3ccccc3c3ccc(-c4cccc5c4oc4ccccc45)cc32)c1. The fourth-order valence-corrected chi connectivity index (χ4v) is 6.16. The van der Waals surface area contributed by atoms with Crippen LogP contribution >= 0.6 is 0 Å². The van der Waals surface area contributed by atoms with Crippen LogP contribution in [0.3, 0.4) is 0 Å². The van der Waals surface area contributed by atoms with Crippen molar-refractivity contribution < 1.29 is 4.42 Å². The highest BCUT2D eigenvalue weighted by Gasteiger charge is 2.16. The first-order valence-electron chi connectivity index (χ1n) is 14.4. The van der Waals surface area contributed by atoms with Crippen LogP contribution in [0.25, 0.3) is 60.6 Å². The third-order valence-electron chi connectivity index (χ3n) is 8.16. The van der Waals surface area contributed by atoms with Crippen molar-refractivity contribution in [2.45, 2.75) is 6.54 Å². The van der Waals surface area contributed by atoms with Crippen molar-refractivity contribution in [2.75, 3.05) is 0 Å². The van der Waals surface area contributed by atoms with E-state index < -0.39 is 0 Å². The molecule has 0 radical (unpaired) electrons. The number of hydrogen-bond donors (Lipinski definition) is 0. The Morgan fingerprint density at radius 2 is 1.37 bits per heavy atom. The number of nitrogens with zero attached hydrogens (tertiary/aromatic N) is 3. The Bertz CT molecular complexity index is 2340. The van der Waals surface area contributed by atoms with Crippen LogP contribution in [0.4, 0.5) is 0 Å². The summed E-state index contributed by atoms with van der Waals surface area (Å²) in [6.45, 7) is 4.38. The quantitative estimate of drug-likeness (QED) is 0.154. The molecule has 0 saturated carbocycles. The molecule has 0 spiro atoms. The highest BCUT2D eigenvalue weighted by atomic mass is 16.3. The Kier molecular flexibility index (Phi) is 5.97. The van der Waals surface area contributed by atoms with Crippen LogP contribution in [0, 0.1) is 0 Å². The Morgan fingerprint density at radius 1 is 0.628 bits per heavy atom. The molecule has 2 heterocycles. The van der Waals surface area contributed by atoms with Gasteiger partial charge in [-0.05, 0) is 48.2 Å². The second-order valence-corrected chi connectivity index (χ2v) is 10.7. The normalized spacial score (nSPS) is 12.0. The third-order valence-corrected chi connectivity index (χ3v) is 8.16. The lowest BCUT2D eigenvalue weighted by Gasteiger charge is -2.11. The molecule has 0 amide bonds. The molecule has 6 aromatic carbocycles. The van der Waals surface area contributed by atoms with Crippen LogP contribution in [0.15, 0.2) is 154 Å². The first kappa shape index (κ1) is 25.0. The topological polar surface area (TPSA) is 42.8 Å². The predicted octanol–water partition coefficient (Wildman–Crippen LogP) is 10.00. The smallest absolute Gasteiger partial charge is 0.154 e. The second kappa shape index (κ2) is 10.3. The third kappa shape index (κ3) is 4.23. The maximum Gasteiger partial charge on any atom is 0.154 e. The largest absolute Gasteiger partial charge is 0.455 e. The standard InChI is InChI=1S/C39H27N3O/c1-40-39(41-25-26-11-3-2-4-12-26)28-13-9-14-29(23-28)42-35-19-7-5-15-31(35)32-22-21-27(24-36(32)42)30-17-10-18-34-33-16-6-8-20-37(33)43-38(30)34/h2-24H,1,25H2. The first-order chi connectivity index (χ1) is 21.3.